The zero-order valence-electron chi connectivity index (χ0n) is 21.3. The lowest BCUT2D eigenvalue weighted by Crippen LogP contribution is -2.56. The second-order valence-corrected chi connectivity index (χ2v) is 10.8. The van der Waals surface area contributed by atoms with Crippen molar-refractivity contribution in [1.29, 1.82) is 0 Å². The standard InChI is InChI=1S/C24H32F2N4O6S/c1-14-10-16(6-7-17(14)25)27-22(32)21-20(26)19(11-28(21)5)30(37(34)35)18-12-29(9-8-15(18)13-31)23(33)36-24(2,3)4/h6-7,10-11,15,18,31H,8-9,12-13H2,1-5H3,(H,27,32)(H,34,35). The van der Waals surface area contributed by atoms with Crippen LogP contribution in [0.2, 0.25) is 0 Å². The van der Waals surface area contributed by atoms with Crippen molar-refractivity contribution < 1.29 is 37.0 Å². The molecule has 37 heavy (non-hydrogen) atoms. The first-order chi connectivity index (χ1) is 17.2. The monoisotopic (exact) mass is 542 g/mol. The molecule has 1 fully saturated rings. The summed E-state index contributed by atoms with van der Waals surface area (Å²) >= 11 is -2.77. The highest BCUT2D eigenvalue weighted by molar-refractivity contribution is 7.80. The number of hydrogen-bond acceptors (Lipinski definition) is 5. The van der Waals surface area contributed by atoms with E-state index in [2.05, 4.69) is 5.32 Å². The molecule has 13 heteroatoms. The number of ether oxygens (including phenoxy) is 1. The fourth-order valence-electron chi connectivity index (χ4n) is 4.24. The van der Waals surface area contributed by atoms with Gasteiger partial charge in [0.15, 0.2) is 5.82 Å². The highest BCUT2D eigenvalue weighted by Crippen LogP contribution is 2.33. The first-order valence-corrected chi connectivity index (χ1v) is 12.7. The summed E-state index contributed by atoms with van der Waals surface area (Å²) in [4.78, 5) is 26.9. The molecule has 1 aromatic heterocycles. The van der Waals surface area contributed by atoms with E-state index in [0.717, 1.165) is 4.31 Å². The third kappa shape index (κ3) is 6.46. The lowest BCUT2D eigenvalue weighted by Gasteiger charge is -2.42. The van der Waals surface area contributed by atoms with Crippen molar-refractivity contribution in [2.45, 2.75) is 45.8 Å². The molecule has 0 bridgehead atoms. The van der Waals surface area contributed by atoms with E-state index >= 15 is 4.39 Å². The number of carbonyl (C=O) groups is 2. The lowest BCUT2D eigenvalue weighted by atomic mass is 9.92. The van der Waals surface area contributed by atoms with Gasteiger partial charge in [-0.3, -0.25) is 13.7 Å². The minimum Gasteiger partial charge on any atom is -0.444 e. The number of anilines is 2. The molecule has 10 nitrogen and oxygen atoms in total. The maximum atomic E-state index is 15.7. The number of aromatic nitrogens is 1. The molecule has 2 aromatic rings. The zero-order valence-corrected chi connectivity index (χ0v) is 22.1. The van der Waals surface area contributed by atoms with Gasteiger partial charge in [-0.05, 0) is 57.9 Å². The van der Waals surface area contributed by atoms with Gasteiger partial charge in [0.05, 0.1) is 6.04 Å². The van der Waals surface area contributed by atoms with E-state index < -0.39 is 58.2 Å². The number of rotatable bonds is 6. The second kappa shape index (κ2) is 11.2. The minimum atomic E-state index is -2.77. The minimum absolute atomic E-state index is 0.114. The van der Waals surface area contributed by atoms with Crippen LogP contribution in [-0.2, 0) is 23.1 Å². The van der Waals surface area contributed by atoms with E-state index in [0.29, 0.717) is 0 Å². The number of aryl methyl sites for hydroxylation is 2. The van der Waals surface area contributed by atoms with Gasteiger partial charge in [0, 0.05) is 44.5 Å². The van der Waals surface area contributed by atoms with Gasteiger partial charge in [0.2, 0.25) is 0 Å². The predicted molar refractivity (Wildman–Crippen MR) is 134 cm³/mol. The summed E-state index contributed by atoms with van der Waals surface area (Å²) in [5, 5.41) is 12.4. The van der Waals surface area contributed by atoms with Crippen molar-refractivity contribution in [3.05, 3.63) is 47.3 Å². The number of nitrogens with zero attached hydrogens (tertiary/aromatic N) is 3. The Labute approximate surface area is 216 Å². The molecular weight excluding hydrogens is 510 g/mol. The first-order valence-electron chi connectivity index (χ1n) is 11.6. The van der Waals surface area contributed by atoms with Gasteiger partial charge in [0.1, 0.15) is 22.8 Å². The van der Waals surface area contributed by atoms with Crippen molar-refractivity contribution in [2.24, 2.45) is 13.0 Å². The number of piperidine rings is 1. The first kappa shape index (κ1) is 28.5. The molecule has 3 unspecified atom stereocenters. The average molecular weight is 543 g/mol. The Morgan fingerprint density at radius 3 is 2.54 bits per heavy atom. The second-order valence-electron chi connectivity index (χ2n) is 9.99. The molecule has 3 atom stereocenters. The van der Waals surface area contributed by atoms with Gasteiger partial charge in [-0.2, -0.15) is 0 Å². The number of hydrogen-bond donors (Lipinski definition) is 3. The number of aliphatic hydroxyl groups excluding tert-OH is 1. The van der Waals surface area contributed by atoms with Crippen LogP contribution in [0.1, 0.15) is 43.2 Å². The summed E-state index contributed by atoms with van der Waals surface area (Å²) in [7, 11) is 1.40. The number of halogens is 2. The van der Waals surface area contributed by atoms with Gasteiger partial charge in [0.25, 0.3) is 17.2 Å². The Morgan fingerprint density at radius 2 is 1.97 bits per heavy atom. The van der Waals surface area contributed by atoms with Gasteiger partial charge >= 0.3 is 6.09 Å². The Morgan fingerprint density at radius 1 is 1.30 bits per heavy atom. The van der Waals surface area contributed by atoms with Crippen molar-refractivity contribution in [1.82, 2.24) is 9.47 Å². The van der Waals surface area contributed by atoms with Crippen molar-refractivity contribution >= 4 is 34.6 Å². The quantitative estimate of drug-likeness (QED) is 0.481. The van der Waals surface area contributed by atoms with Crippen LogP contribution < -0.4 is 9.62 Å². The van der Waals surface area contributed by atoms with Crippen LogP contribution in [-0.4, -0.2) is 66.7 Å². The van der Waals surface area contributed by atoms with Crippen LogP contribution in [0.15, 0.2) is 24.4 Å². The molecule has 0 spiro atoms. The molecular formula is C24H32F2N4O6S. The third-order valence-corrected chi connectivity index (χ3v) is 6.85. The molecule has 1 aliphatic heterocycles. The summed E-state index contributed by atoms with van der Waals surface area (Å²) in [6.07, 6.45) is 0.829. The van der Waals surface area contributed by atoms with Crippen molar-refractivity contribution in [3.63, 3.8) is 0 Å². The molecule has 2 heterocycles. The van der Waals surface area contributed by atoms with Crippen LogP contribution in [0, 0.1) is 24.5 Å². The molecule has 0 saturated carbocycles. The number of amides is 2. The molecule has 0 radical (unpaired) electrons. The smallest absolute Gasteiger partial charge is 0.410 e. The molecule has 1 aliphatic rings. The van der Waals surface area contributed by atoms with E-state index in [1.807, 2.05) is 0 Å². The highest BCUT2D eigenvalue weighted by atomic mass is 32.2. The fourth-order valence-corrected chi connectivity index (χ4v) is 5.00. The molecule has 2 amide bonds. The summed E-state index contributed by atoms with van der Waals surface area (Å²) in [5.74, 6) is -2.93. The maximum Gasteiger partial charge on any atom is 0.410 e. The van der Waals surface area contributed by atoms with E-state index in [4.69, 9.17) is 4.74 Å². The summed E-state index contributed by atoms with van der Waals surface area (Å²) < 4.78 is 59.3. The number of carbonyl (C=O) groups excluding carboxylic acids is 2. The molecule has 204 valence electrons. The highest BCUT2D eigenvalue weighted by Gasteiger charge is 2.41. The van der Waals surface area contributed by atoms with Crippen molar-refractivity contribution in [2.75, 3.05) is 29.3 Å². The molecule has 1 saturated heterocycles. The molecule has 3 rings (SSSR count). The van der Waals surface area contributed by atoms with Gasteiger partial charge in [-0.25, -0.2) is 17.8 Å². The van der Waals surface area contributed by atoms with Crippen LogP contribution >= 0.6 is 0 Å². The summed E-state index contributed by atoms with van der Waals surface area (Å²) in [6, 6.07) is 2.94. The van der Waals surface area contributed by atoms with Gasteiger partial charge < -0.3 is 24.6 Å². The average Bonchev–Trinajstić information content (AvgIpc) is 3.08. The Bertz CT molecular complexity index is 1200. The summed E-state index contributed by atoms with van der Waals surface area (Å²) in [6.45, 7) is 6.39. The van der Waals surface area contributed by atoms with Crippen LogP contribution in [0.4, 0.5) is 25.0 Å². The Balaban J connectivity index is 1.93. The molecule has 0 aliphatic carbocycles. The fraction of sp³-hybridized carbons (Fsp3) is 0.500. The molecule has 3 N–H and O–H groups in total. The molecule has 1 aromatic carbocycles. The van der Waals surface area contributed by atoms with E-state index in [-0.39, 0.29) is 43.1 Å². The summed E-state index contributed by atoms with van der Waals surface area (Å²) in [5.41, 5.74) is -1.01. The largest absolute Gasteiger partial charge is 0.444 e. The Kier molecular flexibility index (Phi) is 8.60. The number of nitrogens with one attached hydrogen (secondary N) is 1. The van der Waals surface area contributed by atoms with Crippen LogP contribution in [0.5, 0.6) is 0 Å². The Hall–Kier alpha value is -3.03. The normalized spacial score (nSPS) is 18.9. The van der Waals surface area contributed by atoms with Gasteiger partial charge in [-0.15, -0.1) is 0 Å². The lowest BCUT2D eigenvalue weighted by molar-refractivity contribution is 0.0130. The van der Waals surface area contributed by atoms with Crippen LogP contribution in [0.3, 0.4) is 0 Å². The topological polar surface area (TPSA) is 124 Å². The maximum absolute atomic E-state index is 15.7. The van der Waals surface area contributed by atoms with Gasteiger partial charge in [-0.1, -0.05) is 0 Å². The third-order valence-electron chi connectivity index (χ3n) is 6.05. The number of benzene rings is 1. The van der Waals surface area contributed by atoms with E-state index in [9.17, 15) is 27.8 Å². The van der Waals surface area contributed by atoms with E-state index in [1.165, 1.54) is 47.8 Å². The van der Waals surface area contributed by atoms with Crippen molar-refractivity contribution in [3.8, 4) is 0 Å². The number of likely N-dealkylation sites (tertiary alicyclic amines) is 1. The SMILES string of the molecule is Cc1cc(NC(=O)c2c(F)c(N(C3CN(C(=O)OC(C)(C)C)CCC3CO)S(=O)O)cn2C)ccc1F. The zero-order chi connectivity index (χ0) is 27.7. The predicted octanol–water partition coefficient (Wildman–Crippen LogP) is 3.43. The number of aliphatic hydroxyl groups is 1. The van der Waals surface area contributed by atoms with Crippen LogP contribution in [0.25, 0.3) is 0 Å². The van der Waals surface area contributed by atoms with E-state index in [1.54, 1.807) is 20.8 Å².